The van der Waals surface area contributed by atoms with Crippen molar-refractivity contribution in [2.75, 3.05) is 23.3 Å². The molecule has 0 saturated carbocycles. The van der Waals surface area contributed by atoms with Crippen molar-refractivity contribution >= 4 is 39.8 Å². The number of nitriles is 1. The second-order valence-electron chi connectivity index (χ2n) is 7.92. The van der Waals surface area contributed by atoms with Crippen molar-refractivity contribution in [3.8, 4) is 6.07 Å². The topological polar surface area (TPSA) is 69.0 Å². The van der Waals surface area contributed by atoms with E-state index >= 15 is 0 Å². The average Bonchev–Trinajstić information content (AvgIpc) is 2.72. The summed E-state index contributed by atoms with van der Waals surface area (Å²) in [5, 5.41) is 14.2. The quantitative estimate of drug-likeness (QED) is 0.632. The number of carbonyl (C=O) groups is 1. The monoisotopic (exact) mass is 418 g/mol. The van der Waals surface area contributed by atoms with Gasteiger partial charge in [0.05, 0.1) is 16.8 Å². The first-order valence-electron chi connectivity index (χ1n) is 10.1. The van der Waals surface area contributed by atoms with Gasteiger partial charge >= 0.3 is 0 Å². The summed E-state index contributed by atoms with van der Waals surface area (Å²) < 4.78 is 0. The van der Waals surface area contributed by atoms with Crippen LogP contribution in [-0.2, 0) is 4.79 Å². The molecule has 1 aliphatic heterocycles. The summed E-state index contributed by atoms with van der Waals surface area (Å²) in [6, 6.07) is 13.9. The summed E-state index contributed by atoms with van der Waals surface area (Å²) in [4.78, 5) is 19.4. The molecule has 1 N–H and O–H groups in total. The van der Waals surface area contributed by atoms with E-state index in [2.05, 4.69) is 27.3 Å². The number of nitrogens with one attached hydrogen (secondary N) is 1. The number of benzene rings is 2. The van der Waals surface area contributed by atoms with Crippen LogP contribution in [0.4, 0.5) is 11.4 Å². The van der Waals surface area contributed by atoms with E-state index in [0.29, 0.717) is 23.7 Å². The van der Waals surface area contributed by atoms with Crippen molar-refractivity contribution in [1.82, 2.24) is 4.98 Å². The Morgan fingerprint density at radius 3 is 2.53 bits per heavy atom. The van der Waals surface area contributed by atoms with Crippen LogP contribution in [0.25, 0.3) is 10.9 Å². The van der Waals surface area contributed by atoms with Gasteiger partial charge in [-0.2, -0.15) is 5.26 Å². The Morgan fingerprint density at radius 1 is 1.17 bits per heavy atom. The van der Waals surface area contributed by atoms with Crippen molar-refractivity contribution in [3.63, 3.8) is 0 Å². The molecular formula is C24H23ClN4O. The number of hydrogen-bond acceptors (Lipinski definition) is 4. The molecule has 3 aromatic rings. The summed E-state index contributed by atoms with van der Waals surface area (Å²) >= 11 is 6.21. The molecule has 1 aromatic heterocycles. The van der Waals surface area contributed by atoms with Crippen LogP contribution in [0.3, 0.4) is 0 Å². The van der Waals surface area contributed by atoms with Crippen molar-refractivity contribution in [3.05, 3.63) is 64.3 Å². The number of aromatic nitrogens is 1. The zero-order valence-electron chi connectivity index (χ0n) is 17.1. The van der Waals surface area contributed by atoms with Gasteiger partial charge in [0.25, 0.3) is 0 Å². The number of anilines is 2. The second kappa shape index (κ2) is 8.33. The fourth-order valence-corrected chi connectivity index (χ4v) is 4.40. The molecule has 2 heterocycles. The van der Waals surface area contributed by atoms with Crippen molar-refractivity contribution in [2.45, 2.75) is 26.7 Å². The van der Waals surface area contributed by atoms with Gasteiger partial charge in [0.15, 0.2) is 0 Å². The minimum Gasteiger partial charge on any atom is -0.370 e. The number of rotatable bonds is 3. The highest BCUT2D eigenvalue weighted by Gasteiger charge is 2.27. The van der Waals surface area contributed by atoms with E-state index in [4.69, 9.17) is 11.6 Å². The van der Waals surface area contributed by atoms with E-state index in [-0.39, 0.29) is 11.8 Å². The first-order chi connectivity index (χ1) is 14.4. The standard InChI is InChI=1S/C24H23ClN4O/c1-15-9-16(2)11-20(10-15)28-24(30)17-5-7-29(8-6-17)23-18(13-26)14-27-22-4-3-19(25)12-21(22)23/h3-4,9-12,14,17H,5-8H2,1-2H3,(H,28,30). The normalized spacial score (nSPS) is 14.5. The molecule has 2 aromatic carbocycles. The molecule has 1 fully saturated rings. The van der Waals surface area contributed by atoms with Crippen LogP contribution in [0, 0.1) is 31.1 Å². The minimum atomic E-state index is -0.0516. The predicted octanol–water partition coefficient (Wildman–Crippen LogP) is 5.23. The molecule has 1 aliphatic rings. The van der Waals surface area contributed by atoms with E-state index in [1.165, 1.54) is 0 Å². The summed E-state index contributed by atoms with van der Waals surface area (Å²) in [7, 11) is 0. The number of nitrogens with zero attached hydrogens (tertiary/aromatic N) is 3. The van der Waals surface area contributed by atoms with Gasteiger partial charge in [-0.25, -0.2) is 0 Å². The van der Waals surface area contributed by atoms with Crippen molar-refractivity contribution in [2.24, 2.45) is 5.92 Å². The second-order valence-corrected chi connectivity index (χ2v) is 8.36. The molecule has 152 valence electrons. The van der Waals surface area contributed by atoms with E-state index < -0.39 is 0 Å². The molecule has 4 rings (SSSR count). The number of fused-ring (bicyclic) bond motifs is 1. The lowest BCUT2D eigenvalue weighted by atomic mass is 9.94. The Kier molecular flexibility index (Phi) is 5.61. The zero-order chi connectivity index (χ0) is 21.3. The van der Waals surface area contributed by atoms with Gasteiger partial charge in [-0.1, -0.05) is 17.7 Å². The molecule has 5 nitrogen and oxygen atoms in total. The number of amides is 1. The van der Waals surface area contributed by atoms with Crippen molar-refractivity contribution < 1.29 is 4.79 Å². The average molecular weight is 419 g/mol. The highest BCUT2D eigenvalue weighted by molar-refractivity contribution is 6.31. The maximum absolute atomic E-state index is 12.8. The van der Waals surface area contributed by atoms with E-state index in [1.807, 2.05) is 38.1 Å². The molecule has 0 unspecified atom stereocenters. The summed E-state index contributed by atoms with van der Waals surface area (Å²) in [6.07, 6.45) is 3.07. The third kappa shape index (κ3) is 4.10. The smallest absolute Gasteiger partial charge is 0.227 e. The van der Waals surface area contributed by atoms with E-state index in [1.54, 1.807) is 12.3 Å². The maximum atomic E-state index is 12.8. The molecule has 30 heavy (non-hydrogen) atoms. The van der Waals surface area contributed by atoms with E-state index in [0.717, 1.165) is 46.2 Å². The SMILES string of the molecule is Cc1cc(C)cc(NC(=O)C2CCN(c3c(C#N)cnc4ccc(Cl)cc34)CC2)c1. The van der Waals surface area contributed by atoms with Gasteiger partial charge in [-0.15, -0.1) is 0 Å². The number of hydrogen-bond donors (Lipinski definition) is 1. The van der Waals surface area contributed by atoms with Crippen LogP contribution in [0.5, 0.6) is 0 Å². The van der Waals surface area contributed by atoms with Crippen LogP contribution in [-0.4, -0.2) is 24.0 Å². The first kappa shape index (κ1) is 20.2. The molecule has 6 heteroatoms. The van der Waals surface area contributed by atoms with Crippen LogP contribution >= 0.6 is 11.6 Å². The number of carbonyl (C=O) groups excluding carboxylic acids is 1. The molecule has 1 amide bonds. The number of halogens is 1. The van der Waals surface area contributed by atoms with Gasteiger partial charge in [-0.3, -0.25) is 9.78 Å². The van der Waals surface area contributed by atoms with Crippen LogP contribution < -0.4 is 10.2 Å². The molecule has 0 atom stereocenters. The summed E-state index contributed by atoms with van der Waals surface area (Å²) in [5.41, 5.74) is 5.31. The van der Waals surface area contributed by atoms with Gasteiger partial charge in [0, 0.05) is 41.3 Å². The molecule has 0 spiro atoms. The maximum Gasteiger partial charge on any atom is 0.227 e. The zero-order valence-corrected chi connectivity index (χ0v) is 17.8. The lowest BCUT2D eigenvalue weighted by Gasteiger charge is -2.34. The van der Waals surface area contributed by atoms with Gasteiger partial charge in [-0.05, 0) is 68.1 Å². The number of aryl methyl sites for hydroxylation is 2. The third-order valence-electron chi connectivity index (χ3n) is 5.59. The van der Waals surface area contributed by atoms with Crippen LogP contribution in [0.2, 0.25) is 5.02 Å². The highest BCUT2D eigenvalue weighted by Crippen LogP contribution is 2.34. The molecule has 0 radical (unpaired) electrons. The summed E-state index contributed by atoms with van der Waals surface area (Å²) in [6.45, 7) is 5.45. The fraction of sp³-hybridized carbons (Fsp3) is 0.292. The molecule has 0 aliphatic carbocycles. The van der Waals surface area contributed by atoms with Crippen molar-refractivity contribution in [1.29, 1.82) is 5.26 Å². The summed E-state index contributed by atoms with van der Waals surface area (Å²) in [5.74, 6) is 0.00656. The van der Waals surface area contributed by atoms with Gasteiger partial charge in [0.1, 0.15) is 6.07 Å². The van der Waals surface area contributed by atoms with Gasteiger partial charge < -0.3 is 10.2 Å². The Hall–Kier alpha value is -3.10. The largest absolute Gasteiger partial charge is 0.370 e. The molecule has 0 bridgehead atoms. The fourth-order valence-electron chi connectivity index (χ4n) is 4.23. The van der Waals surface area contributed by atoms with Crippen LogP contribution in [0.15, 0.2) is 42.6 Å². The number of piperidine rings is 1. The van der Waals surface area contributed by atoms with E-state index in [9.17, 15) is 10.1 Å². The predicted molar refractivity (Wildman–Crippen MR) is 121 cm³/mol. The number of pyridine rings is 1. The van der Waals surface area contributed by atoms with Crippen LogP contribution in [0.1, 0.15) is 29.5 Å². The Morgan fingerprint density at radius 2 is 1.87 bits per heavy atom. The van der Waals surface area contributed by atoms with Gasteiger partial charge in [0.2, 0.25) is 5.91 Å². The Balaban J connectivity index is 1.51. The lowest BCUT2D eigenvalue weighted by Crippen LogP contribution is -2.38. The molecular weight excluding hydrogens is 396 g/mol. The Bertz CT molecular complexity index is 1140. The Labute approximate surface area is 181 Å². The lowest BCUT2D eigenvalue weighted by molar-refractivity contribution is -0.120. The minimum absolute atomic E-state index is 0.0516. The highest BCUT2D eigenvalue weighted by atomic mass is 35.5. The molecule has 1 saturated heterocycles. The third-order valence-corrected chi connectivity index (χ3v) is 5.83. The first-order valence-corrected chi connectivity index (χ1v) is 10.4.